The highest BCUT2D eigenvalue weighted by Gasteiger charge is 2.47. The quantitative estimate of drug-likeness (QED) is 0.384. The first-order valence-corrected chi connectivity index (χ1v) is 15.6. The summed E-state index contributed by atoms with van der Waals surface area (Å²) in [4.78, 5) is 26.2. The summed E-state index contributed by atoms with van der Waals surface area (Å²) in [5.74, 6) is -4.15. The van der Waals surface area contributed by atoms with Crippen LogP contribution >= 0.6 is 11.3 Å². The molecule has 1 aromatic heterocycles. The van der Waals surface area contributed by atoms with Gasteiger partial charge in [0.25, 0.3) is 11.8 Å². The lowest BCUT2D eigenvalue weighted by Crippen LogP contribution is -2.66. The van der Waals surface area contributed by atoms with Crippen LogP contribution in [0.4, 0.5) is 13.6 Å². The van der Waals surface area contributed by atoms with Crippen molar-refractivity contribution in [3.63, 3.8) is 0 Å². The number of benzene rings is 1. The molecule has 2 heterocycles. The zero-order chi connectivity index (χ0) is 30.2. The third-order valence-electron chi connectivity index (χ3n) is 6.32. The van der Waals surface area contributed by atoms with Gasteiger partial charge in [0, 0.05) is 18.4 Å². The molecule has 0 spiro atoms. The lowest BCUT2D eigenvalue weighted by Gasteiger charge is -2.45. The van der Waals surface area contributed by atoms with Gasteiger partial charge in [-0.25, -0.2) is 22.0 Å². The summed E-state index contributed by atoms with van der Waals surface area (Å²) in [7, 11) is -3.93. The van der Waals surface area contributed by atoms with E-state index in [1.807, 2.05) is 0 Å². The molecule has 2 aromatic rings. The molecular formula is C28H34F2N2O7S2. The van der Waals surface area contributed by atoms with Crippen molar-refractivity contribution in [1.29, 1.82) is 0 Å². The Kier molecular flexibility index (Phi) is 8.55. The van der Waals surface area contributed by atoms with E-state index in [0.717, 1.165) is 31.2 Å². The van der Waals surface area contributed by atoms with E-state index in [0.29, 0.717) is 17.1 Å². The third kappa shape index (κ3) is 8.49. The van der Waals surface area contributed by atoms with Crippen molar-refractivity contribution in [1.82, 2.24) is 10.2 Å². The Bertz CT molecular complexity index is 1400. The summed E-state index contributed by atoms with van der Waals surface area (Å²) in [5, 5.41) is 14.4. The summed E-state index contributed by atoms with van der Waals surface area (Å²) in [6.07, 6.45) is 2.21. The predicted octanol–water partition coefficient (Wildman–Crippen LogP) is 5.07. The molecule has 13 heteroatoms. The molecule has 1 saturated heterocycles. The molecule has 4 rings (SSSR count). The van der Waals surface area contributed by atoms with Crippen LogP contribution in [0.25, 0.3) is 0 Å². The van der Waals surface area contributed by atoms with Crippen LogP contribution in [0.1, 0.15) is 55.1 Å². The van der Waals surface area contributed by atoms with Crippen LogP contribution < -0.4 is 10.1 Å². The van der Waals surface area contributed by atoms with Crippen molar-refractivity contribution >= 4 is 33.2 Å². The SMILES string of the molecule is CC(C)(C)OC(=O)N1CC(O)(CS(=O)(=O)/C=C/[C@@H](NC(=O)c2sc(C(C)(F)F)cc2Oc2ccccc2)C2CC2)C1. The molecule has 1 aliphatic heterocycles. The molecule has 9 nitrogen and oxygen atoms in total. The van der Waals surface area contributed by atoms with E-state index < -0.39 is 50.8 Å². The average molecular weight is 613 g/mol. The average Bonchev–Trinajstić information content (AvgIpc) is 3.57. The normalized spacial score (nSPS) is 18.1. The molecule has 1 aliphatic carbocycles. The number of thiophene rings is 1. The lowest BCUT2D eigenvalue weighted by molar-refractivity contribution is -0.0841. The second-order valence-electron chi connectivity index (χ2n) is 11.6. The van der Waals surface area contributed by atoms with Crippen molar-refractivity contribution < 1.29 is 41.4 Å². The highest BCUT2D eigenvalue weighted by atomic mass is 32.2. The summed E-state index contributed by atoms with van der Waals surface area (Å²) in [6.45, 7) is 5.46. The summed E-state index contributed by atoms with van der Waals surface area (Å²) >= 11 is 0.611. The molecule has 1 saturated carbocycles. The van der Waals surface area contributed by atoms with Crippen LogP contribution in [-0.2, 0) is 20.5 Å². The number of likely N-dealkylation sites (tertiary alicyclic amines) is 1. The zero-order valence-electron chi connectivity index (χ0n) is 23.2. The van der Waals surface area contributed by atoms with Gasteiger partial charge in [-0.2, -0.15) is 0 Å². The standard InChI is InChI=1S/C28H34F2N2O7S2/c1-26(2,3)39-25(34)32-15-28(35,16-32)17-41(36,37)13-12-20(18-10-11-18)31-24(33)23-21(14-22(40-23)27(4,29)30)38-19-8-6-5-7-9-19/h5-9,12-14,18,20,35H,10-11,15-17H2,1-4H3,(H,31,33)/b13-12+/t20-/m1/s1. The van der Waals surface area contributed by atoms with Crippen molar-refractivity contribution in [2.24, 2.45) is 5.92 Å². The van der Waals surface area contributed by atoms with E-state index in [9.17, 15) is 31.9 Å². The van der Waals surface area contributed by atoms with Gasteiger partial charge in [-0.05, 0) is 51.7 Å². The van der Waals surface area contributed by atoms with E-state index in [1.54, 1.807) is 51.1 Å². The van der Waals surface area contributed by atoms with Gasteiger partial charge in [0.1, 0.15) is 21.8 Å². The van der Waals surface area contributed by atoms with Gasteiger partial charge in [-0.3, -0.25) is 4.79 Å². The summed E-state index contributed by atoms with van der Waals surface area (Å²) < 4.78 is 64.8. The maximum Gasteiger partial charge on any atom is 0.410 e. The van der Waals surface area contributed by atoms with Crippen LogP contribution in [0, 0.1) is 5.92 Å². The molecule has 2 amide bonds. The number of hydrogen-bond acceptors (Lipinski definition) is 8. The van der Waals surface area contributed by atoms with E-state index in [4.69, 9.17) is 9.47 Å². The lowest BCUT2D eigenvalue weighted by atomic mass is 9.97. The van der Waals surface area contributed by atoms with Gasteiger partial charge >= 0.3 is 6.09 Å². The number of amides is 2. The molecule has 1 atom stereocenters. The minimum Gasteiger partial charge on any atom is -0.456 e. The van der Waals surface area contributed by atoms with Crippen molar-refractivity contribution in [2.45, 2.75) is 63.7 Å². The Balaban J connectivity index is 1.43. The minimum atomic E-state index is -3.93. The smallest absolute Gasteiger partial charge is 0.410 e. The minimum absolute atomic E-state index is 0.0228. The van der Waals surface area contributed by atoms with Gasteiger partial charge in [-0.1, -0.05) is 24.3 Å². The van der Waals surface area contributed by atoms with Crippen LogP contribution in [0.3, 0.4) is 0 Å². The van der Waals surface area contributed by atoms with Gasteiger partial charge in [0.05, 0.1) is 29.8 Å². The van der Waals surface area contributed by atoms with E-state index in [1.165, 1.54) is 11.0 Å². The largest absolute Gasteiger partial charge is 0.456 e. The number of nitrogens with zero attached hydrogens (tertiary/aromatic N) is 1. The highest BCUT2D eigenvalue weighted by molar-refractivity contribution is 7.94. The van der Waals surface area contributed by atoms with Crippen molar-refractivity contribution in [2.75, 3.05) is 18.8 Å². The van der Waals surface area contributed by atoms with Crippen LogP contribution in [0.2, 0.25) is 0 Å². The molecule has 1 aromatic carbocycles. The van der Waals surface area contributed by atoms with E-state index in [-0.39, 0.29) is 34.5 Å². The number of para-hydroxylation sites is 1. The highest BCUT2D eigenvalue weighted by Crippen LogP contribution is 2.41. The van der Waals surface area contributed by atoms with Crippen molar-refractivity contribution in [3.05, 3.63) is 57.6 Å². The number of nitrogens with one attached hydrogen (secondary N) is 1. The molecule has 0 bridgehead atoms. The number of carbonyl (C=O) groups excluding carboxylic acids is 2. The zero-order valence-corrected chi connectivity index (χ0v) is 24.9. The van der Waals surface area contributed by atoms with Gasteiger partial charge in [-0.15, -0.1) is 11.3 Å². The Morgan fingerprint density at radius 2 is 1.83 bits per heavy atom. The number of sulfone groups is 1. The number of aliphatic hydroxyl groups is 1. The first-order valence-electron chi connectivity index (χ1n) is 13.1. The molecule has 224 valence electrons. The fraction of sp³-hybridized carbons (Fsp3) is 0.500. The van der Waals surface area contributed by atoms with E-state index >= 15 is 0 Å². The first-order chi connectivity index (χ1) is 18.9. The maximum absolute atomic E-state index is 14.1. The Morgan fingerprint density at radius 3 is 2.39 bits per heavy atom. The monoisotopic (exact) mass is 612 g/mol. The molecular weight excluding hydrogens is 578 g/mol. The number of β-amino-alcohol motifs (C(OH)–C–C–N with tert-alkyl or cyclic N) is 1. The number of halogens is 2. The summed E-state index contributed by atoms with van der Waals surface area (Å²) in [5.41, 5.74) is -2.35. The van der Waals surface area contributed by atoms with Gasteiger partial charge in [0.2, 0.25) is 0 Å². The maximum atomic E-state index is 14.1. The Hall–Kier alpha value is -3.03. The predicted molar refractivity (Wildman–Crippen MR) is 150 cm³/mol. The molecule has 41 heavy (non-hydrogen) atoms. The van der Waals surface area contributed by atoms with Crippen molar-refractivity contribution in [3.8, 4) is 11.5 Å². The fourth-order valence-electron chi connectivity index (χ4n) is 4.27. The molecule has 2 N–H and O–H groups in total. The van der Waals surface area contributed by atoms with Crippen LogP contribution in [-0.4, -0.2) is 66.5 Å². The van der Waals surface area contributed by atoms with Crippen LogP contribution in [0.15, 0.2) is 47.9 Å². The molecule has 2 fully saturated rings. The number of hydrogen-bond donors (Lipinski definition) is 2. The molecule has 0 unspecified atom stereocenters. The number of ether oxygens (including phenoxy) is 2. The number of alkyl halides is 2. The van der Waals surface area contributed by atoms with Crippen LogP contribution in [0.5, 0.6) is 11.5 Å². The Labute approximate surface area is 242 Å². The van der Waals surface area contributed by atoms with Gasteiger partial charge in [0.15, 0.2) is 15.6 Å². The number of rotatable bonds is 10. The van der Waals surface area contributed by atoms with E-state index in [2.05, 4.69) is 5.32 Å². The third-order valence-corrected chi connectivity index (χ3v) is 9.12. The second kappa shape index (κ2) is 11.3. The first kappa shape index (κ1) is 30.9. The molecule has 0 radical (unpaired) electrons. The molecule has 2 aliphatic rings. The second-order valence-corrected chi connectivity index (χ2v) is 14.6. The fourth-order valence-corrected chi connectivity index (χ4v) is 6.63. The Morgan fingerprint density at radius 1 is 1.20 bits per heavy atom. The number of carbonyl (C=O) groups is 2. The summed E-state index contributed by atoms with van der Waals surface area (Å²) in [6, 6.07) is 8.91. The topological polar surface area (TPSA) is 122 Å². The van der Waals surface area contributed by atoms with Gasteiger partial charge < -0.3 is 24.8 Å².